The fourth-order valence-electron chi connectivity index (χ4n) is 4.01. The minimum absolute atomic E-state index is 0.123. The fourth-order valence-corrected chi connectivity index (χ4v) is 4.01. The molecule has 3 nitrogen and oxygen atoms in total. The minimum atomic E-state index is -0.123. The lowest BCUT2D eigenvalue weighted by atomic mass is 9.72. The molecule has 0 aromatic heterocycles. The van der Waals surface area contributed by atoms with Crippen molar-refractivity contribution in [2.24, 2.45) is 11.8 Å². The Bertz CT molecular complexity index is 473. The Hall–Kier alpha value is -1.51. The summed E-state index contributed by atoms with van der Waals surface area (Å²) < 4.78 is 5.54. The Morgan fingerprint density at radius 1 is 1.19 bits per heavy atom. The number of amides is 1. The lowest BCUT2D eigenvalue weighted by Gasteiger charge is -2.46. The molecule has 2 aliphatic rings. The minimum Gasteiger partial charge on any atom is -0.445 e. The van der Waals surface area contributed by atoms with Crippen LogP contribution in [0.2, 0.25) is 0 Å². The molecule has 3 heteroatoms. The fraction of sp³-hybridized carbons (Fsp3) is 0.611. The summed E-state index contributed by atoms with van der Waals surface area (Å²) in [5, 5.41) is 0. The molecule has 0 unspecified atom stereocenters. The molecule has 1 amide bonds. The zero-order valence-electron chi connectivity index (χ0n) is 12.8. The van der Waals surface area contributed by atoms with Gasteiger partial charge >= 0.3 is 6.09 Å². The highest BCUT2D eigenvalue weighted by atomic mass is 16.6. The predicted octanol–water partition coefficient (Wildman–Crippen LogP) is 4.22. The molecule has 0 bridgehead atoms. The molecule has 1 aromatic rings. The van der Waals surface area contributed by atoms with Gasteiger partial charge in [-0.25, -0.2) is 4.79 Å². The highest BCUT2D eigenvalue weighted by Gasteiger charge is 2.39. The predicted molar refractivity (Wildman–Crippen MR) is 82.9 cm³/mol. The van der Waals surface area contributed by atoms with E-state index in [0.717, 1.165) is 30.9 Å². The number of nitrogens with zero attached hydrogens (tertiary/aromatic N) is 1. The van der Waals surface area contributed by atoms with Crippen molar-refractivity contribution in [3.05, 3.63) is 35.9 Å². The number of fused-ring (bicyclic) bond motifs is 1. The first-order valence-electron chi connectivity index (χ1n) is 8.23. The molecule has 0 N–H and O–H groups in total. The number of carbonyl (C=O) groups is 1. The van der Waals surface area contributed by atoms with Crippen LogP contribution in [0.5, 0.6) is 0 Å². The van der Waals surface area contributed by atoms with Crippen LogP contribution in [0.15, 0.2) is 30.3 Å². The number of ether oxygens (including phenoxy) is 1. The van der Waals surface area contributed by atoms with E-state index >= 15 is 0 Å². The van der Waals surface area contributed by atoms with E-state index in [1.165, 1.54) is 19.3 Å². The highest BCUT2D eigenvalue weighted by molar-refractivity contribution is 5.68. The summed E-state index contributed by atoms with van der Waals surface area (Å²) in [5.41, 5.74) is 1.05. The van der Waals surface area contributed by atoms with Crippen LogP contribution < -0.4 is 0 Å². The average molecular weight is 287 g/mol. The number of carbonyl (C=O) groups excluding carboxylic acids is 1. The van der Waals surface area contributed by atoms with Crippen molar-refractivity contribution in [3.8, 4) is 0 Å². The zero-order chi connectivity index (χ0) is 14.7. The second kappa shape index (κ2) is 6.50. The third kappa shape index (κ3) is 3.22. The van der Waals surface area contributed by atoms with Crippen LogP contribution >= 0.6 is 0 Å². The molecule has 1 aromatic carbocycles. The van der Waals surface area contributed by atoms with Gasteiger partial charge in [-0.3, -0.25) is 0 Å². The van der Waals surface area contributed by atoms with Gasteiger partial charge in [-0.15, -0.1) is 0 Å². The molecule has 21 heavy (non-hydrogen) atoms. The Morgan fingerprint density at radius 3 is 2.81 bits per heavy atom. The molecule has 1 aliphatic heterocycles. The van der Waals surface area contributed by atoms with Crippen LogP contribution in [0.3, 0.4) is 0 Å². The summed E-state index contributed by atoms with van der Waals surface area (Å²) >= 11 is 0. The van der Waals surface area contributed by atoms with Crippen LogP contribution in [0, 0.1) is 11.8 Å². The number of piperidine rings is 1. The zero-order valence-corrected chi connectivity index (χ0v) is 12.8. The van der Waals surface area contributed by atoms with E-state index in [2.05, 4.69) is 6.92 Å². The van der Waals surface area contributed by atoms with E-state index in [1.54, 1.807) is 0 Å². The van der Waals surface area contributed by atoms with E-state index in [9.17, 15) is 4.79 Å². The molecule has 1 heterocycles. The van der Waals surface area contributed by atoms with Gasteiger partial charge in [0.15, 0.2) is 0 Å². The number of likely N-dealkylation sites (tertiary alicyclic amines) is 1. The van der Waals surface area contributed by atoms with Crippen molar-refractivity contribution in [1.82, 2.24) is 4.90 Å². The van der Waals surface area contributed by atoms with Crippen LogP contribution in [0.25, 0.3) is 0 Å². The Balaban J connectivity index is 1.61. The first-order chi connectivity index (χ1) is 10.3. The molecule has 1 saturated heterocycles. The van der Waals surface area contributed by atoms with Crippen molar-refractivity contribution in [2.75, 3.05) is 6.54 Å². The molecule has 1 aliphatic carbocycles. The van der Waals surface area contributed by atoms with Gasteiger partial charge in [-0.1, -0.05) is 50.1 Å². The number of rotatable bonds is 2. The van der Waals surface area contributed by atoms with Crippen LogP contribution in [-0.4, -0.2) is 23.6 Å². The summed E-state index contributed by atoms with van der Waals surface area (Å²) in [4.78, 5) is 14.4. The van der Waals surface area contributed by atoms with Gasteiger partial charge in [0.05, 0.1) is 0 Å². The molecule has 114 valence electrons. The summed E-state index contributed by atoms with van der Waals surface area (Å²) in [6.45, 7) is 3.58. The van der Waals surface area contributed by atoms with Crippen molar-refractivity contribution >= 4 is 6.09 Å². The van der Waals surface area contributed by atoms with Gasteiger partial charge in [0, 0.05) is 12.6 Å². The van der Waals surface area contributed by atoms with Gasteiger partial charge in [0.1, 0.15) is 6.61 Å². The maximum atomic E-state index is 12.4. The highest BCUT2D eigenvalue weighted by Crippen LogP contribution is 2.39. The molecular weight excluding hydrogens is 262 g/mol. The second-order valence-electron chi connectivity index (χ2n) is 6.52. The maximum Gasteiger partial charge on any atom is 0.410 e. The van der Waals surface area contributed by atoms with E-state index in [4.69, 9.17) is 4.74 Å². The van der Waals surface area contributed by atoms with Gasteiger partial charge in [-0.05, 0) is 36.7 Å². The topological polar surface area (TPSA) is 29.5 Å². The lowest BCUT2D eigenvalue weighted by molar-refractivity contribution is 0.0171. The monoisotopic (exact) mass is 287 g/mol. The summed E-state index contributed by atoms with van der Waals surface area (Å²) in [5.74, 6) is 1.42. The molecule has 0 spiro atoms. The third-order valence-electron chi connectivity index (χ3n) is 5.16. The van der Waals surface area contributed by atoms with Gasteiger partial charge < -0.3 is 9.64 Å². The van der Waals surface area contributed by atoms with Gasteiger partial charge in [0.2, 0.25) is 0 Å². The Morgan fingerprint density at radius 2 is 2.00 bits per heavy atom. The van der Waals surface area contributed by atoms with Crippen LogP contribution in [0.1, 0.15) is 44.6 Å². The first kappa shape index (κ1) is 14.4. The van der Waals surface area contributed by atoms with Gasteiger partial charge in [0.25, 0.3) is 0 Å². The van der Waals surface area contributed by atoms with Gasteiger partial charge in [-0.2, -0.15) is 0 Å². The Labute approximate surface area is 127 Å². The van der Waals surface area contributed by atoms with E-state index < -0.39 is 0 Å². The van der Waals surface area contributed by atoms with E-state index in [1.807, 2.05) is 35.2 Å². The first-order valence-corrected chi connectivity index (χ1v) is 8.23. The molecule has 2 fully saturated rings. The van der Waals surface area contributed by atoms with Crippen molar-refractivity contribution in [3.63, 3.8) is 0 Å². The van der Waals surface area contributed by atoms with Crippen molar-refractivity contribution in [1.29, 1.82) is 0 Å². The number of hydrogen-bond donors (Lipinski definition) is 0. The summed E-state index contributed by atoms with van der Waals surface area (Å²) in [6, 6.07) is 10.3. The largest absolute Gasteiger partial charge is 0.445 e. The maximum absolute atomic E-state index is 12.4. The van der Waals surface area contributed by atoms with E-state index in [0.29, 0.717) is 18.6 Å². The number of benzene rings is 1. The normalized spacial score (nSPS) is 28.8. The second-order valence-corrected chi connectivity index (χ2v) is 6.52. The molecule has 1 saturated carbocycles. The van der Waals surface area contributed by atoms with E-state index in [-0.39, 0.29) is 6.09 Å². The Kier molecular flexibility index (Phi) is 4.47. The molecular formula is C18H25NO2. The van der Waals surface area contributed by atoms with Crippen LogP contribution in [0.4, 0.5) is 4.79 Å². The third-order valence-corrected chi connectivity index (χ3v) is 5.16. The lowest BCUT2D eigenvalue weighted by Crippen LogP contribution is -2.51. The quantitative estimate of drug-likeness (QED) is 0.815. The average Bonchev–Trinajstić information content (AvgIpc) is 2.53. The van der Waals surface area contributed by atoms with Crippen molar-refractivity contribution < 1.29 is 9.53 Å². The molecule has 0 radical (unpaired) electrons. The smallest absolute Gasteiger partial charge is 0.410 e. The van der Waals surface area contributed by atoms with Crippen molar-refractivity contribution in [2.45, 2.75) is 51.7 Å². The summed E-state index contributed by atoms with van der Waals surface area (Å²) in [7, 11) is 0. The SMILES string of the molecule is C[C@@H]1CCC[C@H]2[C@@H]1CCCN2C(=O)OCc1ccccc1. The standard InChI is InChI=1S/C18H25NO2/c1-14-7-5-11-17-16(14)10-6-12-19(17)18(20)21-13-15-8-3-2-4-9-15/h2-4,8-9,14,16-17H,5-7,10-13H2,1H3/t14-,16-,17+/m1/s1. The summed E-state index contributed by atoms with van der Waals surface area (Å²) in [6.07, 6.45) is 5.97. The van der Waals surface area contributed by atoms with Crippen LogP contribution in [-0.2, 0) is 11.3 Å². The molecule has 3 atom stereocenters. The number of hydrogen-bond acceptors (Lipinski definition) is 2. The molecule has 3 rings (SSSR count).